The van der Waals surface area contributed by atoms with E-state index in [-0.39, 0.29) is 24.5 Å². The largest absolute Gasteiger partial charge is 0.480 e. The molecule has 0 saturated heterocycles. The van der Waals surface area contributed by atoms with Gasteiger partial charge in [0, 0.05) is 38.9 Å². The zero-order valence-electron chi connectivity index (χ0n) is 14.8. The lowest BCUT2D eigenvalue weighted by Gasteiger charge is -2.42. The van der Waals surface area contributed by atoms with Crippen LogP contribution in [0.2, 0.25) is 0 Å². The summed E-state index contributed by atoms with van der Waals surface area (Å²) in [6.45, 7) is 0.964. The molecule has 0 atom stereocenters. The first-order chi connectivity index (χ1) is 11.9. The number of carbonyl (C=O) groups excluding carboxylic acids is 1. The molecule has 2 saturated carbocycles. The molecule has 7 nitrogen and oxygen atoms in total. The Morgan fingerprint density at radius 2 is 2.00 bits per heavy atom. The Morgan fingerprint density at radius 3 is 2.52 bits per heavy atom. The minimum absolute atomic E-state index is 0.0950. The SMILES string of the molecule is CN(C)c1ccc(C(=O)NC2CC(N(CC(=O)O)CC3CC3)C2)cn1. The number of aliphatic carboxylic acids is 1. The van der Waals surface area contributed by atoms with Crippen LogP contribution < -0.4 is 10.2 Å². The van der Waals surface area contributed by atoms with Crippen molar-refractivity contribution in [3.05, 3.63) is 23.9 Å². The molecule has 7 heteroatoms. The number of pyridine rings is 1. The lowest BCUT2D eigenvalue weighted by molar-refractivity contribution is -0.139. The summed E-state index contributed by atoms with van der Waals surface area (Å²) >= 11 is 0. The van der Waals surface area contributed by atoms with Gasteiger partial charge in [0.05, 0.1) is 12.1 Å². The molecule has 25 heavy (non-hydrogen) atoms. The van der Waals surface area contributed by atoms with Gasteiger partial charge in [0.2, 0.25) is 0 Å². The highest BCUT2D eigenvalue weighted by Gasteiger charge is 2.37. The summed E-state index contributed by atoms with van der Waals surface area (Å²) in [6.07, 6.45) is 5.63. The van der Waals surface area contributed by atoms with Crippen molar-refractivity contribution in [1.29, 1.82) is 0 Å². The summed E-state index contributed by atoms with van der Waals surface area (Å²) in [5, 5.41) is 12.1. The van der Waals surface area contributed by atoms with E-state index in [1.165, 1.54) is 12.8 Å². The van der Waals surface area contributed by atoms with Crippen molar-refractivity contribution < 1.29 is 14.7 Å². The molecule has 0 aromatic carbocycles. The van der Waals surface area contributed by atoms with Gasteiger partial charge in [0.15, 0.2) is 0 Å². The molecule has 0 unspecified atom stereocenters. The Bertz CT molecular complexity index is 622. The van der Waals surface area contributed by atoms with Gasteiger partial charge in [-0.05, 0) is 43.7 Å². The fourth-order valence-electron chi connectivity index (χ4n) is 3.21. The normalized spacial score (nSPS) is 22.4. The van der Waals surface area contributed by atoms with E-state index < -0.39 is 5.97 Å². The van der Waals surface area contributed by atoms with Gasteiger partial charge >= 0.3 is 5.97 Å². The van der Waals surface area contributed by atoms with Crippen molar-refractivity contribution >= 4 is 17.7 Å². The van der Waals surface area contributed by atoms with Gasteiger partial charge in [0.25, 0.3) is 5.91 Å². The van der Waals surface area contributed by atoms with Crippen LogP contribution in [0.5, 0.6) is 0 Å². The molecule has 0 radical (unpaired) electrons. The Kier molecular flexibility index (Phi) is 5.22. The van der Waals surface area contributed by atoms with E-state index in [2.05, 4.69) is 15.2 Å². The van der Waals surface area contributed by atoms with Crippen LogP contribution in [-0.2, 0) is 4.79 Å². The number of carboxylic acid groups (broad SMARTS) is 1. The smallest absolute Gasteiger partial charge is 0.317 e. The molecule has 1 amide bonds. The molecule has 2 aliphatic carbocycles. The summed E-state index contributed by atoms with van der Waals surface area (Å²) in [5.74, 6) is 0.576. The molecule has 0 bridgehead atoms. The molecule has 3 rings (SSSR count). The Labute approximate surface area is 148 Å². The summed E-state index contributed by atoms with van der Waals surface area (Å²) < 4.78 is 0. The van der Waals surface area contributed by atoms with Gasteiger partial charge in [-0.3, -0.25) is 14.5 Å². The molecular weight excluding hydrogens is 320 g/mol. The first kappa shape index (κ1) is 17.7. The van der Waals surface area contributed by atoms with Crippen LogP contribution in [0.1, 0.15) is 36.0 Å². The highest BCUT2D eigenvalue weighted by atomic mass is 16.4. The fraction of sp³-hybridized carbons (Fsp3) is 0.611. The van der Waals surface area contributed by atoms with E-state index >= 15 is 0 Å². The highest BCUT2D eigenvalue weighted by molar-refractivity contribution is 5.94. The zero-order valence-corrected chi connectivity index (χ0v) is 14.8. The van der Waals surface area contributed by atoms with Crippen LogP contribution in [0.3, 0.4) is 0 Å². The maximum Gasteiger partial charge on any atom is 0.317 e. The van der Waals surface area contributed by atoms with Crippen LogP contribution in [-0.4, -0.2) is 66.1 Å². The highest BCUT2D eigenvalue weighted by Crippen LogP contribution is 2.33. The molecule has 0 spiro atoms. The topological polar surface area (TPSA) is 85.8 Å². The quantitative estimate of drug-likeness (QED) is 0.736. The van der Waals surface area contributed by atoms with Crippen LogP contribution in [0.25, 0.3) is 0 Å². The lowest BCUT2D eigenvalue weighted by atomic mass is 9.85. The molecule has 2 N–H and O–H groups in total. The average Bonchev–Trinajstić information content (AvgIpc) is 3.33. The molecule has 2 fully saturated rings. The van der Waals surface area contributed by atoms with Crippen molar-refractivity contribution in [1.82, 2.24) is 15.2 Å². The molecule has 1 aromatic rings. The van der Waals surface area contributed by atoms with Crippen molar-refractivity contribution in [2.75, 3.05) is 32.1 Å². The second-order valence-electron chi connectivity index (χ2n) is 7.36. The van der Waals surface area contributed by atoms with E-state index in [1.54, 1.807) is 12.3 Å². The molecule has 2 aliphatic rings. The number of amides is 1. The number of carbonyl (C=O) groups is 2. The lowest BCUT2D eigenvalue weighted by Crippen LogP contribution is -2.55. The van der Waals surface area contributed by atoms with E-state index in [9.17, 15) is 9.59 Å². The number of hydrogen-bond acceptors (Lipinski definition) is 5. The summed E-state index contributed by atoms with van der Waals surface area (Å²) in [5.41, 5.74) is 0.550. The number of carboxylic acids is 1. The van der Waals surface area contributed by atoms with E-state index in [0.717, 1.165) is 25.2 Å². The van der Waals surface area contributed by atoms with Crippen molar-refractivity contribution in [3.8, 4) is 0 Å². The predicted molar refractivity (Wildman–Crippen MR) is 94.8 cm³/mol. The molecule has 1 aromatic heterocycles. The van der Waals surface area contributed by atoms with Gasteiger partial charge < -0.3 is 15.3 Å². The average molecular weight is 346 g/mol. The van der Waals surface area contributed by atoms with E-state index in [0.29, 0.717) is 11.5 Å². The third-order valence-electron chi connectivity index (χ3n) is 4.96. The second-order valence-corrected chi connectivity index (χ2v) is 7.36. The number of nitrogens with one attached hydrogen (secondary N) is 1. The van der Waals surface area contributed by atoms with Gasteiger partial charge in [-0.25, -0.2) is 4.98 Å². The zero-order chi connectivity index (χ0) is 18.0. The maximum atomic E-state index is 12.3. The Hall–Kier alpha value is -2.15. The van der Waals surface area contributed by atoms with Gasteiger partial charge in [-0.15, -0.1) is 0 Å². The van der Waals surface area contributed by atoms with Crippen molar-refractivity contribution in [2.24, 2.45) is 5.92 Å². The minimum atomic E-state index is -0.778. The Balaban J connectivity index is 1.48. The summed E-state index contributed by atoms with van der Waals surface area (Å²) in [4.78, 5) is 31.6. The fourth-order valence-corrected chi connectivity index (χ4v) is 3.21. The van der Waals surface area contributed by atoms with Crippen LogP contribution in [0, 0.1) is 5.92 Å². The van der Waals surface area contributed by atoms with E-state index in [1.807, 2.05) is 25.1 Å². The van der Waals surface area contributed by atoms with Crippen molar-refractivity contribution in [2.45, 2.75) is 37.8 Å². The first-order valence-corrected chi connectivity index (χ1v) is 8.82. The van der Waals surface area contributed by atoms with Gasteiger partial charge in [0.1, 0.15) is 5.82 Å². The number of anilines is 1. The summed E-state index contributed by atoms with van der Waals surface area (Å²) in [7, 11) is 3.81. The van der Waals surface area contributed by atoms with Crippen molar-refractivity contribution in [3.63, 3.8) is 0 Å². The number of nitrogens with zero attached hydrogens (tertiary/aromatic N) is 3. The third kappa shape index (κ3) is 4.69. The third-order valence-corrected chi connectivity index (χ3v) is 4.96. The second kappa shape index (κ2) is 7.39. The molecule has 1 heterocycles. The standard InChI is InChI=1S/C18H26N4O3/c1-21(2)16-6-5-13(9-19-16)18(25)20-14-7-15(8-14)22(11-17(23)24)10-12-3-4-12/h5-6,9,12,14-15H,3-4,7-8,10-11H2,1-2H3,(H,20,25)(H,23,24). The van der Waals surface area contributed by atoms with Gasteiger partial charge in [-0.2, -0.15) is 0 Å². The Morgan fingerprint density at radius 1 is 1.28 bits per heavy atom. The molecular formula is C18H26N4O3. The summed E-state index contributed by atoms with van der Waals surface area (Å²) in [6, 6.07) is 3.97. The molecule has 0 aliphatic heterocycles. The van der Waals surface area contributed by atoms with Crippen LogP contribution >= 0.6 is 0 Å². The predicted octanol–water partition coefficient (Wildman–Crippen LogP) is 1.20. The van der Waals surface area contributed by atoms with Gasteiger partial charge in [-0.1, -0.05) is 0 Å². The minimum Gasteiger partial charge on any atom is -0.480 e. The number of hydrogen-bond donors (Lipinski definition) is 2. The number of rotatable bonds is 8. The van der Waals surface area contributed by atoms with E-state index in [4.69, 9.17) is 5.11 Å². The van der Waals surface area contributed by atoms with Crippen LogP contribution in [0.4, 0.5) is 5.82 Å². The first-order valence-electron chi connectivity index (χ1n) is 8.82. The molecule has 136 valence electrons. The van der Waals surface area contributed by atoms with Crippen LogP contribution in [0.15, 0.2) is 18.3 Å². The number of aromatic nitrogens is 1. The maximum absolute atomic E-state index is 12.3. The monoisotopic (exact) mass is 346 g/mol.